The third-order valence-corrected chi connectivity index (χ3v) is 3.96. The second kappa shape index (κ2) is 5.54. The molecule has 0 radical (unpaired) electrons. The Kier molecular flexibility index (Phi) is 4.12. The van der Waals surface area contributed by atoms with Crippen LogP contribution in [0.5, 0.6) is 0 Å². The summed E-state index contributed by atoms with van der Waals surface area (Å²) in [7, 11) is 0. The molecule has 1 aliphatic rings. The fraction of sp³-hybridized carbons (Fsp3) is 0.200. The molecule has 1 aromatic rings. The first-order valence-electron chi connectivity index (χ1n) is 6.08. The summed E-state index contributed by atoms with van der Waals surface area (Å²) < 4.78 is 0. The van der Waals surface area contributed by atoms with Crippen LogP contribution in [0.15, 0.2) is 41.5 Å². The molecule has 0 bridgehead atoms. The largest absolute Gasteiger partial charge is 0.480 e. The van der Waals surface area contributed by atoms with Crippen LogP contribution in [0.1, 0.15) is 18.9 Å². The van der Waals surface area contributed by atoms with Gasteiger partial charge in [0.25, 0.3) is 0 Å². The molecule has 2 N–H and O–H groups in total. The van der Waals surface area contributed by atoms with Crippen LogP contribution in [0.4, 0.5) is 0 Å². The van der Waals surface area contributed by atoms with E-state index < -0.39 is 17.4 Å². The second-order valence-corrected chi connectivity index (χ2v) is 5.78. The predicted octanol–water partition coefficient (Wildman–Crippen LogP) is 3.68. The van der Waals surface area contributed by atoms with E-state index in [1.165, 1.54) is 30.4 Å². The Hall–Kier alpha value is -1.78. The molecule has 110 valence electrons. The maximum atomic E-state index is 11.9. The first-order chi connectivity index (χ1) is 9.76. The second-order valence-electron chi connectivity index (χ2n) is 4.94. The minimum atomic E-state index is -1.51. The van der Waals surface area contributed by atoms with Crippen molar-refractivity contribution in [1.82, 2.24) is 0 Å². The lowest BCUT2D eigenvalue weighted by Crippen LogP contribution is -2.37. The average Bonchev–Trinajstić information content (AvgIpc) is 2.37. The number of carbonyl (C=O) groups is 2. The number of carboxylic acid groups (broad SMARTS) is 2. The summed E-state index contributed by atoms with van der Waals surface area (Å²) >= 11 is 12.0. The van der Waals surface area contributed by atoms with E-state index in [0.29, 0.717) is 16.2 Å². The molecule has 0 aliphatic heterocycles. The van der Waals surface area contributed by atoms with Crippen molar-refractivity contribution in [2.24, 2.45) is 0 Å². The molecule has 1 atom stereocenters. The van der Waals surface area contributed by atoms with E-state index >= 15 is 0 Å². The standard InChI is InChI=1S/C15H12Cl2O4/c1-8-4-9(13(18)19)7-15(6-8,14(20)21)11-3-2-10(16)5-12(11)17/h2-6H,7H2,1H3,(H,18,19)(H,20,21). The van der Waals surface area contributed by atoms with Crippen LogP contribution in [0.3, 0.4) is 0 Å². The molecule has 0 heterocycles. The highest BCUT2D eigenvalue weighted by molar-refractivity contribution is 6.35. The van der Waals surface area contributed by atoms with Gasteiger partial charge in [0, 0.05) is 22.0 Å². The van der Waals surface area contributed by atoms with Crippen molar-refractivity contribution >= 4 is 35.1 Å². The molecular formula is C15H12Cl2O4. The van der Waals surface area contributed by atoms with Crippen LogP contribution in [-0.4, -0.2) is 22.2 Å². The molecule has 0 aromatic heterocycles. The van der Waals surface area contributed by atoms with Gasteiger partial charge in [0.15, 0.2) is 0 Å². The van der Waals surface area contributed by atoms with Crippen LogP contribution in [0.2, 0.25) is 10.0 Å². The highest BCUT2D eigenvalue weighted by Crippen LogP contribution is 2.41. The van der Waals surface area contributed by atoms with E-state index in [9.17, 15) is 19.8 Å². The molecule has 6 heteroatoms. The minimum Gasteiger partial charge on any atom is -0.480 e. The highest BCUT2D eigenvalue weighted by atomic mass is 35.5. The van der Waals surface area contributed by atoms with Crippen molar-refractivity contribution in [3.63, 3.8) is 0 Å². The number of benzene rings is 1. The van der Waals surface area contributed by atoms with Crippen LogP contribution < -0.4 is 0 Å². The molecule has 1 aromatic carbocycles. The first kappa shape index (κ1) is 15.6. The molecule has 0 spiro atoms. The molecule has 0 fully saturated rings. The summed E-state index contributed by atoms with van der Waals surface area (Å²) in [5.41, 5.74) is -0.587. The van der Waals surface area contributed by atoms with Gasteiger partial charge in [-0.25, -0.2) is 4.79 Å². The number of hydrogen-bond acceptors (Lipinski definition) is 2. The zero-order valence-corrected chi connectivity index (χ0v) is 12.6. The van der Waals surface area contributed by atoms with E-state index in [1.807, 2.05) is 0 Å². The Bertz CT molecular complexity index is 691. The Labute approximate surface area is 131 Å². The number of rotatable bonds is 3. The van der Waals surface area contributed by atoms with Gasteiger partial charge in [0.05, 0.1) is 0 Å². The smallest absolute Gasteiger partial charge is 0.331 e. The SMILES string of the molecule is CC1=CC(C(=O)O)(c2ccc(Cl)cc2Cl)CC(C(=O)O)=C1. The van der Waals surface area contributed by atoms with E-state index in [4.69, 9.17) is 23.2 Å². The third-order valence-electron chi connectivity index (χ3n) is 3.41. The lowest BCUT2D eigenvalue weighted by Gasteiger charge is -2.31. The molecule has 4 nitrogen and oxygen atoms in total. The first-order valence-corrected chi connectivity index (χ1v) is 6.84. The van der Waals surface area contributed by atoms with Gasteiger partial charge in [-0.15, -0.1) is 0 Å². The number of allylic oxidation sites excluding steroid dienone is 2. The monoisotopic (exact) mass is 326 g/mol. The minimum absolute atomic E-state index is 0.0309. The summed E-state index contributed by atoms with van der Waals surface area (Å²) in [4.78, 5) is 23.1. The lowest BCUT2D eigenvalue weighted by atomic mass is 9.71. The quantitative estimate of drug-likeness (QED) is 0.888. The molecule has 0 saturated heterocycles. The number of halogens is 2. The fourth-order valence-electron chi connectivity index (χ4n) is 2.52. The van der Waals surface area contributed by atoms with E-state index in [1.54, 1.807) is 6.92 Å². The number of aliphatic carboxylic acids is 2. The van der Waals surface area contributed by atoms with Crippen LogP contribution in [0, 0.1) is 0 Å². The molecule has 1 unspecified atom stereocenters. The van der Waals surface area contributed by atoms with E-state index in [-0.39, 0.29) is 17.0 Å². The number of hydrogen-bond donors (Lipinski definition) is 2. The van der Waals surface area contributed by atoms with Crippen molar-refractivity contribution in [2.75, 3.05) is 0 Å². The van der Waals surface area contributed by atoms with Crippen molar-refractivity contribution in [2.45, 2.75) is 18.8 Å². The average molecular weight is 327 g/mol. The molecule has 21 heavy (non-hydrogen) atoms. The van der Waals surface area contributed by atoms with Gasteiger partial charge < -0.3 is 10.2 Å². The van der Waals surface area contributed by atoms with Crippen LogP contribution >= 0.6 is 23.2 Å². The molecule has 0 saturated carbocycles. The summed E-state index contributed by atoms with van der Waals surface area (Å²) in [5, 5.41) is 19.5. The van der Waals surface area contributed by atoms with Gasteiger partial charge in [-0.2, -0.15) is 0 Å². The topological polar surface area (TPSA) is 74.6 Å². The Morgan fingerprint density at radius 2 is 1.90 bits per heavy atom. The Morgan fingerprint density at radius 1 is 1.24 bits per heavy atom. The van der Waals surface area contributed by atoms with Crippen molar-refractivity contribution in [3.05, 3.63) is 57.1 Å². The Balaban J connectivity index is 2.66. The van der Waals surface area contributed by atoms with Gasteiger partial charge in [-0.05, 0) is 30.7 Å². The lowest BCUT2D eigenvalue weighted by molar-refractivity contribution is -0.142. The maximum absolute atomic E-state index is 11.9. The van der Waals surface area contributed by atoms with E-state index in [0.717, 1.165) is 0 Å². The molecule has 0 amide bonds. The zero-order chi connectivity index (χ0) is 15.8. The zero-order valence-electron chi connectivity index (χ0n) is 11.1. The van der Waals surface area contributed by atoms with Gasteiger partial charge in [0.2, 0.25) is 0 Å². The van der Waals surface area contributed by atoms with Crippen LogP contribution in [0.25, 0.3) is 0 Å². The summed E-state index contributed by atoms with van der Waals surface area (Å²) in [6, 6.07) is 4.51. The summed E-state index contributed by atoms with van der Waals surface area (Å²) in [5.74, 6) is -2.30. The fourth-order valence-corrected chi connectivity index (χ4v) is 3.10. The van der Waals surface area contributed by atoms with Gasteiger partial charge >= 0.3 is 11.9 Å². The predicted molar refractivity (Wildman–Crippen MR) is 79.9 cm³/mol. The normalized spacial score (nSPS) is 21.5. The van der Waals surface area contributed by atoms with Crippen LogP contribution in [-0.2, 0) is 15.0 Å². The van der Waals surface area contributed by atoms with Gasteiger partial charge in [-0.1, -0.05) is 40.9 Å². The molecule has 2 rings (SSSR count). The van der Waals surface area contributed by atoms with Crippen molar-refractivity contribution < 1.29 is 19.8 Å². The highest BCUT2D eigenvalue weighted by Gasteiger charge is 2.43. The van der Waals surface area contributed by atoms with E-state index in [2.05, 4.69) is 0 Å². The van der Waals surface area contributed by atoms with Gasteiger partial charge in [0.1, 0.15) is 5.41 Å². The summed E-state index contributed by atoms with van der Waals surface area (Å²) in [6.07, 6.45) is 2.82. The number of carboxylic acids is 2. The summed E-state index contributed by atoms with van der Waals surface area (Å²) in [6.45, 7) is 1.66. The molecule has 1 aliphatic carbocycles. The van der Waals surface area contributed by atoms with Gasteiger partial charge in [-0.3, -0.25) is 4.79 Å². The van der Waals surface area contributed by atoms with Crippen molar-refractivity contribution in [1.29, 1.82) is 0 Å². The maximum Gasteiger partial charge on any atom is 0.331 e. The third kappa shape index (κ3) is 2.82. The Morgan fingerprint density at radius 3 is 2.43 bits per heavy atom. The van der Waals surface area contributed by atoms with Crippen molar-refractivity contribution in [3.8, 4) is 0 Å². The molecular weight excluding hydrogens is 315 g/mol.